The maximum absolute atomic E-state index is 8.71. The molecule has 2 rings (SSSR count). The summed E-state index contributed by atoms with van der Waals surface area (Å²) in [5.41, 5.74) is 2.34. The second-order valence-corrected chi connectivity index (χ2v) is 5.04. The first kappa shape index (κ1) is 17.3. The van der Waals surface area contributed by atoms with E-state index in [4.69, 9.17) is 19.7 Å². The number of benzene rings is 2. The number of ether oxygens (including phenoxy) is 2. The standard InChI is InChI=1S/C18H23NO4/c20-9-11-22-17-5-1-15(2-6-17)13-19-14-16-3-7-18(8-4-16)23-12-10-21/h1-8,19-21H,9-14H2. The molecule has 0 aliphatic carbocycles. The molecule has 0 bridgehead atoms. The van der Waals surface area contributed by atoms with Crippen LogP contribution in [0.25, 0.3) is 0 Å². The largest absolute Gasteiger partial charge is 0.491 e. The van der Waals surface area contributed by atoms with Crippen molar-refractivity contribution in [3.8, 4) is 11.5 Å². The van der Waals surface area contributed by atoms with Gasteiger partial charge >= 0.3 is 0 Å². The zero-order chi connectivity index (χ0) is 16.3. The number of aliphatic hydroxyl groups excluding tert-OH is 2. The molecule has 0 fully saturated rings. The fourth-order valence-corrected chi connectivity index (χ4v) is 2.09. The molecule has 0 aliphatic rings. The smallest absolute Gasteiger partial charge is 0.119 e. The number of hydrogen-bond acceptors (Lipinski definition) is 5. The van der Waals surface area contributed by atoms with Crippen molar-refractivity contribution in [1.82, 2.24) is 5.32 Å². The van der Waals surface area contributed by atoms with E-state index in [1.54, 1.807) is 0 Å². The van der Waals surface area contributed by atoms with E-state index < -0.39 is 0 Å². The Morgan fingerprint density at radius 2 is 1.04 bits per heavy atom. The van der Waals surface area contributed by atoms with Gasteiger partial charge in [-0.15, -0.1) is 0 Å². The predicted molar refractivity (Wildman–Crippen MR) is 88.6 cm³/mol. The molecule has 0 saturated carbocycles. The van der Waals surface area contributed by atoms with Gasteiger partial charge in [0.2, 0.25) is 0 Å². The van der Waals surface area contributed by atoms with Crippen LogP contribution in [0.4, 0.5) is 0 Å². The minimum absolute atomic E-state index is 0.0210. The van der Waals surface area contributed by atoms with Crippen molar-refractivity contribution < 1.29 is 19.7 Å². The normalized spacial score (nSPS) is 10.5. The molecule has 5 heteroatoms. The molecule has 0 amide bonds. The van der Waals surface area contributed by atoms with E-state index in [-0.39, 0.29) is 13.2 Å². The summed E-state index contributed by atoms with van der Waals surface area (Å²) in [6.45, 7) is 2.21. The van der Waals surface area contributed by atoms with E-state index in [1.807, 2.05) is 48.5 Å². The Morgan fingerprint density at radius 3 is 1.39 bits per heavy atom. The SMILES string of the molecule is OCCOc1ccc(CNCc2ccc(OCCO)cc2)cc1. The van der Waals surface area contributed by atoms with Gasteiger partial charge in [-0.1, -0.05) is 24.3 Å². The molecule has 0 heterocycles. The monoisotopic (exact) mass is 317 g/mol. The Morgan fingerprint density at radius 1 is 0.652 bits per heavy atom. The first-order valence-corrected chi connectivity index (χ1v) is 7.68. The predicted octanol–water partition coefficient (Wildman–Crippen LogP) is 1.72. The summed E-state index contributed by atoms with van der Waals surface area (Å²) >= 11 is 0. The average molecular weight is 317 g/mol. The molecule has 0 spiro atoms. The summed E-state index contributed by atoms with van der Waals surface area (Å²) in [7, 11) is 0. The molecule has 3 N–H and O–H groups in total. The molecular weight excluding hydrogens is 294 g/mol. The van der Waals surface area contributed by atoms with Crippen LogP contribution in [-0.4, -0.2) is 36.6 Å². The second kappa shape index (κ2) is 9.84. The summed E-state index contributed by atoms with van der Waals surface area (Å²) in [4.78, 5) is 0. The van der Waals surface area contributed by atoms with E-state index in [9.17, 15) is 0 Å². The molecule has 2 aromatic carbocycles. The van der Waals surface area contributed by atoms with Crippen molar-refractivity contribution >= 4 is 0 Å². The Hall–Kier alpha value is -2.08. The number of rotatable bonds is 10. The van der Waals surface area contributed by atoms with E-state index in [2.05, 4.69) is 5.32 Å². The zero-order valence-corrected chi connectivity index (χ0v) is 13.1. The maximum atomic E-state index is 8.71. The van der Waals surface area contributed by atoms with E-state index >= 15 is 0 Å². The number of nitrogens with one attached hydrogen (secondary N) is 1. The molecule has 0 saturated heterocycles. The average Bonchev–Trinajstić information content (AvgIpc) is 2.60. The van der Waals surface area contributed by atoms with Gasteiger partial charge in [-0.05, 0) is 35.4 Å². The van der Waals surface area contributed by atoms with Crippen molar-refractivity contribution in [2.75, 3.05) is 26.4 Å². The van der Waals surface area contributed by atoms with Crippen molar-refractivity contribution in [3.05, 3.63) is 59.7 Å². The fourth-order valence-electron chi connectivity index (χ4n) is 2.09. The minimum atomic E-state index is 0.0210. The second-order valence-electron chi connectivity index (χ2n) is 5.04. The van der Waals surface area contributed by atoms with Crippen LogP contribution in [0.15, 0.2) is 48.5 Å². The molecular formula is C18H23NO4. The van der Waals surface area contributed by atoms with Gasteiger partial charge in [0.05, 0.1) is 13.2 Å². The van der Waals surface area contributed by atoms with Crippen molar-refractivity contribution in [3.63, 3.8) is 0 Å². The van der Waals surface area contributed by atoms with Crippen LogP contribution in [0.5, 0.6) is 11.5 Å². The van der Waals surface area contributed by atoms with Gasteiger partial charge in [-0.25, -0.2) is 0 Å². The third-order valence-electron chi connectivity index (χ3n) is 3.22. The highest BCUT2D eigenvalue weighted by Gasteiger charge is 1.98. The topological polar surface area (TPSA) is 71.0 Å². The van der Waals surface area contributed by atoms with Crippen LogP contribution in [0, 0.1) is 0 Å². The van der Waals surface area contributed by atoms with E-state index in [1.165, 1.54) is 11.1 Å². The molecule has 23 heavy (non-hydrogen) atoms. The lowest BCUT2D eigenvalue weighted by Crippen LogP contribution is -2.12. The minimum Gasteiger partial charge on any atom is -0.491 e. The lowest BCUT2D eigenvalue weighted by Gasteiger charge is -2.08. The van der Waals surface area contributed by atoms with Gasteiger partial charge in [-0.2, -0.15) is 0 Å². The van der Waals surface area contributed by atoms with Crippen LogP contribution >= 0.6 is 0 Å². The molecule has 0 aromatic heterocycles. The van der Waals surface area contributed by atoms with Crippen LogP contribution in [-0.2, 0) is 13.1 Å². The first-order valence-electron chi connectivity index (χ1n) is 7.68. The van der Waals surface area contributed by atoms with Gasteiger partial charge in [-0.3, -0.25) is 0 Å². The van der Waals surface area contributed by atoms with E-state index in [0.717, 1.165) is 24.6 Å². The Balaban J connectivity index is 1.73. The van der Waals surface area contributed by atoms with Crippen LogP contribution in [0.1, 0.15) is 11.1 Å². The van der Waals surface area contributed by atoms with Crippen LogP contribution in [0.3, 0.4) is 0 Å². The van der Waals surface area contributed by atoms with Crippen molar-refractivity contribution in [1.29, 1.82) is 0 Å². The summed E-state index contributed by atoms with van der Waals surface area (Å²) in [5, 5.41) is 20.8. The molecule has 0 atom stereocenters. The Labute approximate surface area is 136 Å². The number of aliphatic hydroxyl groups is 2. The summed E-state index contributed by atoms with van der Waals surface area (Å²) in [6, 6.07) is 15.6. The maximum Gasteiger partial charge on any atom is 0.119 e. The van der Waals surface area contributed by atoms with Gasteiger partial charge < -0.3 is 25.0 Å². The lowest BCUT2D eigenvalue weighted by atomic mass is 10.2. The quantitative estimate of drug-likeness (QED) is 0.622. The third-order valence-corrected chi connectivity index (χ3v) is 3.22. The summed E-state index contributed by atoms with van der Waals surface area (Å²) < 4.78 is 10.7. The third kappa shape index (κ3) is 6.28. The Kier molecular flexibility index (Phi) is 7.39. The van der Waals surface area contributed by atoms with E-state index in [0.29, 0.717) is 13.2 Å². The van der Waals surface area contributed by atoms with Crippen molar-refractivity contribution in [2.45, 2.75) is 13.1 Å². The van der Waals surface area contributed by atoms with Gasteiger partial charge in [0, 0.05) is 13.1 Å². The zero-order valence-electron chi connectivity index (χ0n) is 13.1. The molecule has 0 aliphatic heterocycles. The molecule has 0 unspecified atom stereocenters. The van der Waals surface area contributed by atoms with Gasteiger partial charge in [0.15, 0.2) is 0 Å². The van der Waals surface area contributed by atoms with Gasteiger partial charge in [0.25, 0.3) is 0 Å². The summed E-state index contributed by atoms with van der Waals surface area (Å²) in [6.07, 6.45) is 0. The van der Waals surface area contributed by atoms with Gasteiger partial charge in [0.1, 0.15) is 24.7 Å². The van der Waals surface area contributed by atoms with Crippen molar-refractivity contribution in [2.24, 2.45) is 0 Å². The van der Waals surface area contributed by atoms with Crippen LogP contribution in [0.2, 0.25) is 0 Å². The molecule has 124 valence electrons. The first-order chi connectivity index (χ1) is 11.3. The molecule has 2 aromatic rings. The highest BCUT2D eigenvalue weighted by Crippen LogP contribution is 2.13. The summed E-state index contributed by atoms with van der Waals surface area (Å²) in [5.74, 6) is 1.53. The number of hydrogen-bond donors (Lipinski definition) is 3. The lowest BCUT2D eigenvalue weighted by molar-refractivity contribution is 0.201. The fraction of sp³-hybridized carbons (Fsp3) is 0.333. The highest BCUT2D eigenvalue weighted by molar-refractivity contribution is 5.28. The highest BCUT2D eigenvalue weighted by atomic mass is 16.5. The van der Waals surface area contributed by atoms with Crippen LogP contribution < -0.4 is 14.8 Å². The molecule has 0 radical (unpaired) electrons. The molecule has 5 nitrogen and oxygen atoms in total. The Bertz CT molecular complexity index is 503.